The smallest absolute Gasteiger partial charge is 0.245 e. The number of amides is 1. The minimum absolute atomic E-state index is 0.00445. The Labute approximate surface area is 113 Å². The lowest BCUT2D eigenvalue weighted by Gasteiger charge is -2.36. The van der Waals surface area contributed by atoms with E-state index in [2.05, 4.69) is 5.32 Å². The van der Waals surface area contributed by atoms with Crippen LogP contribution in [0.15, 0.2) is 24.3 Å². The van der Waals surface area contributed by atoms with Gasteiger partial charge in [-0.3, -0.25) is 4.79 Å². The van der Waals surface area contributed by atoms with E-state index in [-0.39, 0.29) is 11.9 Å². The number of carbonyl (C=O) groups excluding carboxylic acids is 1. The van der Waals surface area contributed by atoms with Gasteiger partial charge >= 0.3 is 0 Å². The fourth-order valence-electron chi connectivity index (χ4n) is 2.22. The lowest BCUT2D eigenvalue weighted by atomic mass is 10.1. The monoisotopic (exact) mass is 263 g/mol. The second-order valence-electron chi connectivity index (χ2n) is 4.63. The molecule has 1 heterocycles. The Morgan fingerprint density at radius 1 is 1.53 bits per heavy atom. The minimum atomic E-state index is -0.301. The van der Waals surface area contributed by atoms with E-state index in [1.165, 1.54) is 0 Å². The van der Waals surface area contributed by atoms with Crippen molar-refractivity contribution in [1.29, 1.82) is 0 Å². The minimum Gasteiger partial charge on any atom is -0.397 e. The summed E-state index contributed by atoms with van der Waals surface area (Å²) in [6, 6.07) is 7.32. The molecule has 104 valence electrons. The molecule has 1 saturated heterocycles. The fraction of sp³-hybridized carbons (Fsp3) is 0.500. The number of hydrogen-bond donors (Lipinski definition) is 2. The average Bonchev–Trinajstić information content (AvgIpc) is 2.45. The first-order valence-corrected chi connectivity index (χ1v) is 6.70. The van der Waals surface area contributed by atoms with Gasteiger partial charge in [-0.15, -0.1) is 0 Å². The van der Waals surface area contributed by atoms with E-state index in [1.54, 1.807) is 0 Å². The van der Waals surface area contributed by atoms with E-state index in [0.29, 0.717) is 32.0 Å². The predicted molar refractivity (Wildman–Crippen MR) is 76.1 cm³/mol. The summed E-state index contributed by atoms with van der Waals surface area (Å²) in [6.45, 7) is 4.42. The maximum absolute atomic E-state index is 12.2. The zero-order chi connectivity index (χ0) is 13.7. The molecule has 0 bridgehead atoms. The number of nitrogen functional groups attached to an aromatic ring is 1. The SMILES string of the molecule is CCCNC(=O)C1COCCN1c1ccccc1N. The Bertz CT molecular complexity index is 436. The average molecular weight is 263 g/mol. The number of benzene rings is 1. The molecule has 1 aromatic carbocycles. The van der Waals surface area contributed by atoms with Crippen molar-refractivity contribution in [1.82, 2.24) is 5.32 Å². The molecule has 1 unspecified atom stereocenters. The van der Waals surface area contributed by atoms with Crippen molar-refractivity contribution in [2.75, 3.05) is 36.9 Å². The van der Waals surface area contributed by atoms with Gasteiger partial charge in [-0.1, -0.05) is 19.1 Å². The van der Waals surface area contributed by atoms with Crippen molar-refractivity contribution < 1.29 is 9.53 Å². The van der Waals surface area contributed by atoms with Gasteiger partial charge in [0.25, 0.3) is 0 Å². The number of hydrogen-bond acceptors (Lipinski definition) is 4. The van der Waals surface area contributed by atoms with Gasteiger partial charge in [0.1, 0.15) is 6.04 Å². The van der Waals surface area contributed by atoms with Gasteiger partial charge in [-0.05, 0) is 18.6 Å². The molecule has 19 heavy (non-hydrogen) atoms. The standard InChI is InChI=1S/C14H21N3O2/c1-2-7-16-14(18)13-10-19-9-8-17(13)12-6-4-3-5-11(12)15/h3-6,13H,2,7-10,15H2,1H3,(H,16,18). The zero-order valence-electron chi connectivity index (χ0n) is 11.3. The van der Waals surface area contributed by atoms with Crippen molar-refractivity contribution in [3.05, 3.63) is 24.3 Å². The van der Waals surface area contributed by atoms with E-state index >= 15 is 0 Å². The summed E-state index contributed by atoms with van der Waals surface area (Å²) in [5.74, 6) is 0.00445. The molecule has 5 heteroatoms. The molecular formula is C14H21N3O2. The van der Waals surface area contributed by atoms with Crippen molar-refractivity contribution in [2.24, 2.45) is 0 Å². The zero-order valence-corrected chi connectivity index (χ0v) is 11.3. The first-order valence-electron chi connectivity index (χ1n) is 6.70. The lowest BCUT2D eigenvalue weighted by Crippen LogP contribution is -2.54. The summed E-state index contributed by atoms with van der Waals surface area (Å²) in [6.07, 6.45) is 0.923. The van der Waals surface area contributed by atoms with E-state index in [1.807, 2.05) is 36.1 Å². The summed E-state index contributed by atoms with van der Waals surface area (Å²) in [4.78, 5) is 14.2. The van der Waals surface area contributed by atoms with Crippen LogP contribution in [0.3, 0.4) is 0 Å². The normalized spacial score (nSPS) is 19.2. The van der Waals surface area contributed by atoms with Crippen molar-refractivity contribution in [3.63, 3.8) is 0 Å². The molecule has 0 radical (unpaired) electrons. The Kier molecular flexibility index (Phi) is 4.63. The van der Waals surface area contributed by atoms with Crippen LogP contribution in [0.1, 0.15) is 13.3 Å². The molecule has 0 spiro atoms. The number of rotatable bonds is 4. The second-order valence-corrected chi connectivity index (χ2v) is 4.63. The van der Waals surface area contributed by atoms with Crippen molar-refractivity contribution in [3.8, 4) is 0 Å². The van der Waals surface area contributed by atoms with E-state index in [9.17, 15) is 4.79 Å². The van der Waals surface area contributed by atoms with Crippen LogP contribution in [-0.2, 0) is 9.53 Å². The Balaban J connectivity index is 2.16. The molecule has 1 aromatic rings. The molecule has 3 N–H and O–H groups in total. The van der Waals surface area contributed by atoms with Crippen LogP contribution < -0.4 is 16.0 Å². The highest BCUT2D eigenvalue weighted by Gasteiger charge is 2.30. The highest BCUT2D eigenvalue weighted by molar-refractivity contribution is 5.87. The second kappa shape index (κ2) is 6.43. The highest BCUT2D eigenvalue weighted by Crippen LogP contribution is 2.26. The first kappa shape index (κ1) is 13.7. The Morgan fingerprint density at radius 2 is 2.32 bits per heavy atom. The number of nitrogens with zero attached hydrogens (tertiary/aromatic N) is 1. The summed E-state index contributed by atoms with van der Waals surface area (Å²) in [5.41, 5.74) is 7.60. The Morgan fingerprint density at radius 3 is 3.05 bits per heavy atom. The predicted octanol–water partition coefficient (Wildman–Crippen LogP) is 1.00. The van der Waals surface area contributed by atoms with E-state index < -0.39 is 0 Å². The third-order valence-electron chi connectivity index (χ3n) is 3.23. The highest BCUT2D eigenvalue weighted by atomic mass is 16.5. The van der Waals surface area contributed by atoms with E-state index in [0.717, 1.165) is 12.1 Å². The van der Waals surface area contributed by atoms with E-state index in [4.69, 9.17) is 10.5 Å². The molecule has 0 aliphatic carbocycles. The molecular weight excluding hydrogens is 242 g/mol. The quantitative estimate of drug-likeness (QED) is 0.795. The molecule has 2 rings (SSSR count). The largest absolute Gasteiger partial charge is 0.397 e. The molecule has 1 amide bonds. The number of anilines is 2. The summed E-state index contributed by atoms with van der Waals surface area (Å²) < 4.78 is 5.43. The van der Waals surface area contributed by atoms with Gasteiger partial charge in [-0.25, -0.2) is 0 Å². The molecule has 1 fully saturated rings. The third kappa shape index (κ3) is 3.17. The first-order chi connectivity index (χ1) is 9.24. The number of nitrogens with two attached hydrogens (primary N) is 1. The molecule has 0 aromatic heterocycles. The maximum atomic E-state index is 12.2. The van der Waals surface area contributed by atoms with Gasteiger partial charge in [0.05, 0.1) is 24.6 Å². The van der Waals surface area contributed by atoms with Crippen LogP contribution >= 0.6 is 0 Å². The number of ether oxygens (including phenoxy) is 1. The van der Waals surface area contributed by atoms with Crippen LogP contribution in [0.5, 0.6) is 0 Å². The Hall–Kier alpha value is -1.75. The number of morpholine rings is 1. The van der Waals surface area contributed by atoms with Gasteiger partial charge in [0.2, 0.25) is 5.91 Å². The van der Waals surface area contributed by atoms with Crippen LogP contribution in [0.4, 0.5) is 11.4 Å². The fourth-order valence-corrected chi connectivity index (χ4v) is 2.22. The molecule has 1 aliphatic heterocycles. The van der Waals surface area contributed by atoms with Crippen LogP contribution in [0.2, 0.25) is 0 Å². The molecule has 5 nitrogen and oxygen atoms in total. The third-order valence-corrected chi connectivity index (χ3v) is 3.23. The number of para-hydroxylation sites is 2. The maximum Gasteiger partial charge on any atom is 0.245 e. The summed E-state index contributed by atoms with van der Waals surface area (Å²) in [5, 5.41) is 2.92. The van der Waals surface area contributed by atoms with Gasteiger partial charge < -0.3 is 20.7 Å². The van der Waals surface area contributed by atoms with Crippen LogP contribution in [-0.4, -0.2) is 38.3 Å². The molecule has 1 atom stereocenters. The molecule has 1 aliphatic rings. The number of nitrogens with one attached hydrogen (secondary N) is 1. The van der Waals surface area contributed by atoms with Gasteiger partial charge in [0, 0.05) is 13.1 Å². The van der Waals surface area contributed by atoms with Crippen LogP contribution in [0, 0.1) is 0 Å². The van der Waals surface area contributed by atoms with Gasteiger partial charge in [0.15, 0.2) is 0 Å². The molecule has 0 saturated carbocycles. The van der Waals surface area contributed by atoms with Crippen LogP contribution in [0.25, 0.3) is 0 Å². The van der Waals surface area contributed by atoms with Gasteiger partial charge in [-0.2, -0.15) is 0 Å². The number of carbonyl (C=O) groups is 1. The van der Waals surface area contributed by atoms with Crippen molar-refractivity contribution >= 4 is 17.3 Å². The topological polar surface area (TPSA) is 67.6 Å². The summed E-state index contributed by atoms with van der Waals surface area (Å²) in [7, 11) is 0. The summed E-state index contributed by atoms with van der Waals surface area (Å²) >= 11 is 0. The lowest BCUT2D eigenvalue weighted by molar-refractivity contribution is -0.124. The van der Waals surface area contributed by atoms with Crippen molar-refractivity contribution in [2.45, 2.75) is 19.4 Å².